The number of rotatable bonds is 3. The Morgan fingerprint density at radius 3 is 2.53 bits per heavy atom. The average Bonchev–Trinajstić information content (AvgIpc) is 2.48. The van der Waals surface area contributed by atoms with Crippen molar-refractivity contribution in [2.45, 2.75) is 5.88 Å². The fraction of sp³-hybridized carbons (Fsp3) is 0.0667. The molecule has 0 spiro atoms. The van der Waals surface area contributed by atoms with Crippen molar-refractivity contribution >= 4 is 34.1 Å². The molecule has 1 aromatic heterocycles. The van der Waals surface area contributed by atoms with Gasteiger partial charge in [0.25, 0.3) is 0 Å². The number of alkyl halides is 1. The smallest absolute Gasteiger partial charge is 0.149 e. The second-order valence-corrected chi connectivity index (χ2v) is 4.43. The summed E-state index contributed by atoms with van der Waals surface area (Å²) in [4.78, 5) is 8.90. The number of hydrogen-bond acceptors (Lipinski definition) is 3. The van der Waals surface area contributed by atoms with E-state index in [0.29, 0.717) is 5.88 Å². The highest BCUT2D eigenvalue weighted by Gasteiger charge is 2.03. The van der Waals surface area contributed by atoms with E-state index in [1.54, 1.807) is 6.20 Å². The van der Waals surface area contributed by atoms with E-state index in [0.717, 1.165) is 28.1 Å². The van der Waals surface area contributed by atoms with E-state index in [9.17, 15) is 0 Å². The molecule has 0 unspecified atom stereocenters. The summed E-state index contributed by atoms with van der Waals surface area (Å²) in [6, 6.07) is 15.7. The van der Waals surface area contributed by atoms with Crippen molar-refractivity contribution in [3.63, 3.8) is 0 Å². The van der Waals surface area contributed by atoms with Gasteiger partial charge in [-0.1, -0.05) is 30.3 Å². The van der Waals surface area contributed by atoms with Crippen LogP contribution in [0, 0.1) is 0 Å². The maximum absolute atomic E-state index is 5.92. The van der Waals surface area contributed by atoms with Gasteiger partial charge in [-0.25, -0.2) is 4.98 Å². The predicted molar refractivity (Wildman–Crippen MR) is 78.8 cm³/mol. The SMILES string of the molecule is ClCc1ccccc1Nc1cnc2ccccc2n1. The monoisotopic (exact) mass is 269 g/mol. The van der Waals surface area contributed by atoms with Crippen LogP contribution in [-0.2, 0) is 5.88 Å². The number of nitrogens with zero attached hydrogens (tertiary/aromatic N) is 2. The second kappa shape index (κ2) is 5.24. The van der Waals surface area contributed by atoms with Gasteiger partial charge in [0.1, 0.15) is 5.82 Å². The molecule has 0 aliphatic rings. The minimum Gasteiger partial charge on any atom is -0.339 e. The first-order valence-corrected chi connectivity index (χ1v) is 6.53. The Hall–Kier alpha value is -2.13. The molecular weight excluding hydrogens is 258 g/mol. The van der Waals surface area contributed by atoms with Crippen molar-refractivity contribution in [2.24, 2.45) is 0 Å². The van der Waals surface area contributed by atoms with Crippen LogP contribution in [0.4, 0.5) is 11.5 Å². The molecule has 3 aromatic rings. The van der Waals surface area contributed by atoms with Crippen LogP contribution in [-0.4, -0.2) is 9.97 Å². The van der Waals surface area contributed by atoms with Crippen LogP contribution in [0.2, 0.25) is 0 Å². The number of hydrogen-bond donors (Lipinski definition) is 1. The third kappa shape index (κ3) is 2.51. The Bertz CT molecular complexity index is 712. The zero-order chi connectivity index (χ0) is 13.1. The molecule has 0 atom stereocenters. The standard InChI is InChI=1S/C15H12ClN3/c16-9-11-5-1-2-6-12(11)18-15-10-17-13-7-3-4-8-14(13)19-15/h1-8,10H,9H2,(H,18,19). The Labute approximate surface area is 116 Å². The molecule has 19 heavy (non-hydrogen) atoms. The molecule has 3 rings (SSSR count). The third-order valence-corrected chi connectivity index (χ3v) is 3.16. The molecule has 2 aromatic carbocycles. The van der Waals surface area contributed by atoms with Crippen molar-refractivity contribution < 1.29 is 0 Å². The molecule has 4 heteroatoms. The molecule has 94 valence electrons. The van der Waals surface area contributed by atoms with E-state index in [2.05, 4.69) is 15.3 Å². The summed E-state index contributed by atoms with van der Waals surface area (Å²) >= 11 is 5.92. The summed E-state index contributed by atoms with van der Waals surface area (Å²) in [6.07, 6.45) is 1.73. The molecular formula is C15H12ClN3. The van der Waals surface area contributed by atoms with Crippen LogP contribution in [0.1, 0.15) is 5.56 Å². The largest absolute Gasteiger partial charge is 0.339 e. The maximum atomic E-state index is 5.92. The molecule has 0 saturated carbocycles. The highest BCUT2D eigenvalue weighted by Crippen LogP contribution is 2.21. The minimum atomic E-state index is 0.462. The van der Waals surface area contributed by atoms with E-state index in [1.807, 2.05) is 48.5 Å². The van der Waals surface area contributed by atoms with Gasteiger partial charge in [-0.3, -0.25) is 4.98 Å². The number of fused-ring (bicyclic) bond motifs is 1. The zero-order valence-electron chi connectivity index (χ0n) is 10.2. The molecule has 1 N–H and O–H groups in total. The summed E-state index contributed by atoms with van der Waals surface area (Å²) in [5.74, 6) is 1.18. The summed E-state index contributed by atoms with van der Waals surface area (Å²) in [5, 5.41) is 3.26. The Morgan fingerprint density at radius 2 is 1.68 bits per heavy atom. The number of halogens is 1. The number of nitrogens with one attached hydrogen (secondary N) is 1. The van der Waals surface area contributed by atoms with E-state index < -0.39 is 0 Å². The molecule has 0 aliphatic carbocycles. The van der Waals surface area contributed by atoms with Crippen molar-refractivity contribution in [1.29, 1.82) is 0 Å². The van der Waals surface area contributed by atoms with Crippen molar-refractivity contribution in [2.75, 3.05) is 5.32 Å². The molecule has 0 fully saturated rings. The molecule has 3 nitrogen and oxygen atoms in total. The lowest BCUT2D eigenvalue weighted by Gasteiger charge is -2.09. The Balaban J connectivity index is 1.96. The first-order chi connectivity index (χ1) is 9.36. The van der Waals surface area contributed by atoms with Crippen molar-refractivity contribution in [3.8, 4) is 0 Å². The van der Waals surface area contributed by atoms with Crippen LogP contribution in [0.5, 0.6) is 0 Å². The minimum absolute atomic E-state index is 0.462. The normalized spacial score (nSPS) is 10.6. The molecule has 0 bridgehead atoms. The first-order valence-electron chi connectivity index (χ1n) is 5.99. The van der Waals surface area contributed by atoms with Gasteiger partial charge >= 0.3 is 0 Å². The van der Waals surface area contributed by atoms with Gasteiger partial charge in [-0.2, -0.15) is 0 Å². The van der Waals surface area contributed by atoms with Gasteiger partial charge < -0.3 is 5.32 Å². The quantitative estimate of drug-likeness (QED) is 0.727. The zero-order valence-corrected chi connectivity index (χ0v) is 10.9. The average molecular weight is 270 g/mol. The van der Waals surface area contributed by atoms with Gasteiger partial charge in [-0.05, 0) is 23.8 Å². The molecule has 0 saturated heterocycles. The lowest BCUT2D eigenvalue weighted by Crippen LogP contribution is -1.97. The van der Waals surface area contributed by atoms with Crippen molar-refractivity contribution in [1.82, 2.24) is 9.97 Å². The van der Waals surface area contributed by atoms with E-state index >= 15 is 0 Å². The van der Waals surface area contributed by atoms with E-state index in [-0.39, 0.29) is 0 Å². The van der Waals surface area contributed by atoms with E-state index in [4.69, 9.17) is 11.6 Å². The number of para-hydroxylation sites is 3. The predicted octanol–water partition coefficient (Wildman–Crippen LogP) is 4.11. The van der Waals surface area contributed by atoms with Crippen LogP contribution in [0.25, 0.3) is 11.0 Å². The summed E-state index contributed by atoms with van der Waals surface area (Å²) < 4.78 is 0. The van der Waals surface area contributed by atoms with Gasteiger partial charge in [0.2, 0.25) is 0 Å². The third-order valence-electron chi connectivity index (χ3n) is 2.87. The number of aromatic nitrogens is 2. The van der Waals surface area contributed by atoms with Crippen LogP contribution in [0.15, 0.2) is 54.7 Å². The maximum Gasteiger partial charge on any atom is 0.149 e. The Kier molecular flexibility index (Phi) is 3.29. The molecule has 0 radical (unpaired) electrons. The molecule has 1 heterocycles. The van der Waals surface area contributed by atoms with Gasteiger partial charge in [0, 0.05) is 11.6 Å². The fourth-order valence-corrected chi connectivity index (χ4v) is 2.15. The highest BCUT2D eigenvalue weighted by atomic mass is 35.5. The van der Waals surface area contributed by atoms with Crippen LogP contribution in [0.3, 0.4) is 0 Å². The summed E-state index contributed by atoms with van der Waals surface area (Å²) in [5.41, 5.74) is 3.76. The van der Waals surface area contributed by atoms with Gasteiger partial charge in [0.05, 0.1) is 17.2 Å². The lowest BCUT2D eigenvalue weighted by atomic mass is 10.2. The lowest BCUT2D eigenvalue weighted by molar-refractivity contribution is 1.27. The molecule has 0 aliphatic heterocycles. The number of anilines is 2. The highest BCUT2D eigenvalue weighted by molar-refractivity contribution is 6.17. The fourth-order valence-electron chi connectivity index (χ4n) is 1.91. The summed E-state index contributed by atoms with van der Waals surface area (Å²) in [6.45, 7) is 0. The van der Waals surface area contributed by atoms with E-state index in [1.165, 1.54) is 0 Å². The van der Waals surface area contributed by atoms with Crippen LogP contribution < -0.4 is 5.32 Å². The van der Waals surface area contributed by atoms with Gasteiger partial charge in [0.15, 0.2) is 0 Å². The van der Waals surface area contributed by atoms with Crippen LogP contribution >= 0.6 is 11.6 Å². The van der Waals surface area contributed by atoms with Crippen molar-refractivity contribution in [3.05, 3.63) is 60.3 Å². The first kappa shape index (κ1) is 11.9. The Morgan fingerprint density at radius 1 is 0.947 bits per heavy atom. The second-order valence-electron chi connectivity index (χ2n) is 4.16. The number of benzene rings is 2. The topological polar surface area (TPSA) is 37.8 Å². The molecule has 0 amide bonds. The van der Waals surface area contributed by atoms with Gasteiger partial charge in [-0.15, -0.1) is 11.6 Å². The summed E-state index contributed by atoms with van der Waals surface area (Å²) in [7, 11) is 0.